The minimum absolute atomic E-state index is 0.00959. The smallest absolute Gasteiger partial charge is 0.273 e. The number of carbonyl (C=O) groups excluding carboxylic acids is 1. The Bertz CT molecular complexity index is 1040. The molecule has 12 heteroatoms. The zero-order valence-electron chi connectivity index (χ0n) is 15.4. The molecule has 0 aliphatic heterocycles. The number of thioether (sulfide) groups is 1. The summed E-state index contributed by atoms with van der Waals surface area (Å²) in [5.41, 5.74) is 0.832. The number of methoxy groups -OCH3 is 2. The SMILES string of the molecule is COc1cc([N+](=O)[O-])ccc1NC(=O)CSc1nnnn1-c1ccccc1OC. The molecule has 1 amide bonds. The highest BCUT2D eigenvalue weighted by Crippen LogP contribution is 2.30. The highest BCUT2D eigenvalue weighted by molar-refractivity contribution is 7.99. The van der Waals surface area contributed by atoms with Gasteiger partial charge in [0.1, 0.15) is 17.2 Å². The standard InChI is InChI=1S/C17H16N6O5S/c1-27-14-6-4-3-5-13(14)22-17(19-20-21-22)29-10-16(24)18-12-8-7-11(23(25)26)9-15(12)28-2/h3-9H,10H2,1-2H3,(H,18,24). The summed E-state index contributed by atoms with van der Waals surface area (Å²) in [5.74, 6) is 0.435. The van der Waals surface area contributed by atoms with Crippen LogP contribution in [-0.2, 0) is 4.79 Å². The van der Waals surface area contributed by atoms with Gasteiger partial charge in [-0.25, -0.2) is 0 Å². The molecule has 0 unspecified atom stereocenters. The minimum Gasteiger partial charge on any atom is -0.494 e. The van der Waals surface area contributed by atoms with Gasteiger partial charge in [-0.3, -0.25) is 14.9 Å². The lowest BCUT2D eigenvalue weighted by Crippen LogP contribution is -2.15. The largest absolute Gasteiger partial charge is 0.494 e. The summed E-state index contributed by atoms with van der Waals surface area (Å²) in [6.45, 7) is 0. The number of nitro benzene ring substituents is 1. The van der Waals surface area contributed by atoms with Gasteiger partial charge in [-0.15, -0.1) is 5.10 Å². The van der Waals surface area contributed by atoms with Crippen molar-refractivity contribution >= 4 is 29.0 Å². The van der Waals surface area contributed by atoms with E-state index in [0.29, 0.717) is 22.3 Å². The Morgan fingerprint density at radius 3 is 2.69 bits per heavy atom. The van der Waals surface area contributed by atoms with Crippen LogP contribution in [0.2, 0.25) is 0 Å². The summed E-state index contributed by atoms with van der Waals surface area (Å²) < 4.78 is 11.9. The minimum atomic E-state index is -0.540. The van der Waals surface area contributed by atoms with Gasteiger partial charge in [-0.2, -0.15) is 4.68 Å². The predicted octanol–water partition coefficient (Wildman–Crippen LogP) is 2.32. The Balaban J connectivity index is 1.70. The molecule has 1 N–H and O–H groups in total. The van der Waals surface area contributed by atoms with Crippen molar-refractivity contribution in [3.8, 4) is 17.2 Å². The Labute approximate surface area is 169 Å². The Hall–Kier alpha value is -3.67. The molecule has 1 heterocycles. The monoisotopic (exact) mass is 416 g/mol. The highest BCUT2D eigenvalue weighted by Gasteiger charge is 2.16. The second-order valence-corrected chi connectivity index (χ2v) is 6.47. The van der Waals surface area contributed by atoms with Gasteiger partial charge in [0.2, 0.25) is 11.1 Å². The maximum atomic E-state index is 12.3. The number of hydrogen-bond donors (Lipinski definition) is 1. The second-order valence-electron chi connectivity index (χ2n) is 5.52. The van der Waals surface area contributed by atoms with Crippen LogP contribution in [0.1, 0.15) is 0 Å². The normalized spacial score (nSPS) is 10.4. The van der Waals surface area contributed by atoms with Crippen molar-refractivity contribution in [2.45, 2.75) is 5.16 Å². The van der Waals surface area contributed by atoms with E-state index < -0.39 is 4.92 Å². The molecular weight excluding hydrogens is 400 g/mol. The molecule has 3 rings (SSSR count). The summed E-state index contributed by atoms with van der Waals surface area (Å²) >= 11 is 1.13. The van der Waals surface area contributed by atoms with Crippen LogP contribution in [0.4, 0.5) is 11.4 Å². The zero-order valence-corrected chi connectivity index (χ0v) is 16.3. The van der Waals surface area contributed by atoms with E-state index in [2.05, 4.69) is 20.8 Å². The number of aromatic nitrogens is 4. The van der Waals surface area contributed by atoms with Gasteiger partial charge in [0.25, 0.3) is 5.69 Å². The average Bonchev–Trinajstić information content (AvgIpc) is 3.20. The number of nitro groups is 1. The molecule has 1 aromatic heterocycles. The van der Waals surface area contributed by atoms with Crippen molar-refractivity contribution in [3.63, 3.8) is 0 Å². The van der Waals surface area contributed by atoms with E-state index in [1.807, 2.05) is 12.1 Å². The fourth-order valence-electron chi connectivity index (χ4n) is 2.44. The number of carbonyl (C=O) groups is 1. The van der Waals surface area contributed by atoms with Crippen molar-refractivity contribution < 1.29 is 19.2 Å². The molecule has 2 aromatic carbocycles. The van der Waals surface area contributed by atoms with E-state index in [1.165, 1.54) is 30.0 Å². The third-order valence-corrected chi connectivity index (χ3v) is 4.68. The maximum absolute atomic E-state index is 12.3. The summed E-state index contributed by atoms with van der Waals surface area (Å²) in [7, 11) is 2.91. The predicted molar refractivity (Wildman–Crippen MR) is 105 cm³/mol. The van der Waals surface area contributed by atoms with Crippen molar-refractivity contribution in [2.24, 2.45) is 0 Å². The first-order valence-electron chi connectivity index (χ1n) is 8.20. The molecule has 0 saturated carbocycles. The maximum Gasteiger partial charge on any atom is 0.273 e. The van der Waals surface area contributed by atoms with Crippen molar-refractivity contribution in [3.05, 3.63) is 52.6 Å². The van der Waals surface area contributed by atoms with E-state index in [1.54, 1.807) is 19.2 Å². The average molecular weight is 416 g/mol. The van der Waals surface area contributed by atoms with Crippen LogP contribution in [0.5, 0.6) is 11.5 Å². The molecule has 0 atom stereocenters. The molecule has 11 nitrogen and oxygen atoms in total. The van der Waals surface area contributed by atoms with Gasteiger partial charge in [-0.1, -0.05) is 23.9 Å². The summed E-state index contributed by atoms with van der Waals surface area (Å²) in [5, 5.41) is 25.5. The number of tetrazole rings is 1. The first-order valence-corrected chi connectivity index (χ1v) is 9.19. The number of anilines is 1. The second kappa shape index (κ2) is 9.01. The lowest BCUT2D eigenvalue weighted by Gasteiger charge is -2.10. The molecule has 0 spiro atoms. The molecule has 150 valence electrons. The molecule has 0 saturated heterocycles. The molecule has 0 fully saturated rings. The van der Waals surface area contributed by atoms with Crippen LogP contribution in [0, 0.1) is 10.1 Å². The molecule has 0 aliphatic rings. The number of amides is 1. The molecule has 3 aromatic rings. The molecule has 0 radical (unpaired) electrons. The molecular formula is C17H16N6O5S. The van der Waals surface area contributed by atoms with Crippen molar-refractivity contribution in [2.75, 3.05) is 25.3 Å². The Morgan fingerprint density at radius 1 is 1.21 bits per heavy atom. The number of nitrogens with one attached hydrogen (secondary N) is 1. The number of hydrogen-bond acceptors (Lipinski definition) is 9. The number of ether oxygens (including phenoxy) is 2. The van der Waals surface area contributed by atoms with Gasteiger partial charge in [-0.05, 0) is 28.6 Å². The number of nitrogens with zero attached hydrogens (tertiary/aromatic N) is 5. The van der Waals surface area contributed by atoms with E-state index in [9.17, 15) is 14.9 Å². The summed E-state index contributed by atoms with van der Waals surface area (Å²) in [6.07, 6.45) is 0. The molecule has 0 aliphatic carbocycles. The van der Waals surface area contributed by atoms with Crippen molar-refractivity contribution in [1.29, 1.82) is 0 Å². The molecule has 29 heavy (non-hydrogen) atoms. The third kappa shape index (κ3) is 4.60. The summed E-state index contributed by atoms with van der Waals surface area (Å²) in [4.78, 5) is 22.7. The fourth-order valence-corrected chi connectivity index (χ4v) is 3.12. The van der Waals surface area contributed by atoms with Crippen LogP contribution in [0.25, 0.3) is 5.69 Å². The first kappa shape index (κ1) is 20.1. The number of benzene rings is 2. The van der Waals surface area contributed by atoms with Gasteiger partial charge in [0.05, 0.1) is 36.6 Å². The van der Waals surface area contributed by atoms with Gasteiger partial charge in [0, 0.05) is 6.07 Å². The molecule has 0 bridgehead atoms. The topological polar surface area (TPSA) is 134 Å². The van der Waals surface area contributed by atoms with Crippen LogP contribution in [0.15, 0.2) is 47.6 Å². The quantitative estimate of drug-likeness (QED) is 0.333. The van der Waals surface area contributed by atoms with Gasteiger partial charge < -0.3 is 14.8 Å². The lowest BCUT2D eigenvalue weighted by atomic mass is 10.2. The van der Waals surface area contributed by atoms with Crippen LogP contribution < -0.4 is 14.8 Å². The fraction of sp³-hybridized carbons (Fsp3) is 0.176. The van der Waals surface area contributed by atoms with E-state index in [-0.39, 0.29) is 23.1 Å². The Morgan fingerprint density at radius 2 is 1.97 bits per heavy atom. The third-order valence-electron chi connectivity index (χ3n) is 3.76. The Kier molecular flexibility index (Phi) is 6.24. The van der Waals surface area contributed by atoms with Gasteiger partial charge >= 0.3 is 0 Å². The van der Waals surface area contributed by atoms with Crippen LogP contribution >= 0.6 is 11.8 Å². The lowest BCUT2D eigenvalue weighted by molar-refractivity contribution is -0.384. The van der Waals surface area contributed by atoms with Crippen molar-refractivity contribution in [1.82, 2.24) is 20.2 Å². The van der Waals surface area contributed by atoms with E-state index in [4.69, 9.17) is 9.47 Å². The van der Waals surface area contributed by atoms with Crippen LogP contribution in [-0.4, -0.2) is 51.0 Å². The zero-order chi connectivity index (χ0) is 20.8. The van der Waals surface area contributed by atoms with Crippen LogP contribution in [0.3, 0.4) is 0 Å². The first-order chi connectivity index (χ1) is 14.0. The summed E-state index contributed by atoms with van der Waals surface area (Å²) in [6, 6.07) is 11.2. The van der Waals surface area contributed by atoms with E-state index >= 15 is 0 Å². The van der Waals surface area contributed by atoms with Gasteiger partial charge in [0.15, 0.2) is 0 Å². The number of rotatable bonds is 8. The number of para-hydroxylation sites is 2. The van der Waals surface area contributed by atoms with E-state index in [0.717, 1.165) is 11.8 Å². The number of non-ortho nitro benzene ring substituents is 1. The highest BCUT2D eigenvalue weighted by atomic mass is 32.2.